The van der Waals surface area contributed by atoms with Gasteiger partial charge < -0.3 is 19.3 Å². The van der Waals surface area contributed by atoms with Crippen molar-refractivity contribution < 1.29 is 36.7 Å². The molecule has 1 amide bonds. The number of carbonyl (C=O) groups excluding carboxylic acids is 1. The monoisotopic (exact) mass is 411 g/mol. The van der Waals surface area contributed by atoms with Gasteiger partial charge in [0.15, 0.2) is 0 Å². The van der Waals surface area contributed by atoms with Crippen LogP contribution in [0.3, 0.4) is 0 Å². The minimum atomic E-state index is -3.73. The fourth-order valence-electron chi connectivity index (χ4n) is 2.78. The summed E-state index contributed by atoms with van der Waals surface area (Å²) in [5.41, 5.74) is -1.70. The van der Waals surface area contributed by atoms with Crippen LogP contribution in [0.15, 0.2) is 0 Å². The van der Waals surface area contributed by atoms with E-state index in [-0.39, 0.29) is 12.7 Å². The predicted molar refractivity (Wildman–Crippen MR) is 98.7 cm³/mol. The Balaban J connectivity index is 3.11. The van der Waals surface area contributed by atoms with Gasteiger partial charge in [-0.25, -0.2) is 4.79 Å². The molecule has 0 unspecified atom stereocenters. The van der Waals surface area contributed by atoms with E-state index in [2.05, 4.69) is 0 Å². The molecule has 10 heteroatoms. The molecule has 1 N–H and O–H groups in total. The number of hydrogen-bond acceptors (Lipinski definition) is 8. The molecule has 0 bridgehead atoms. The highest BCUT2D eigenvalue weighted by atomic mass is 32.2. The average molecular weight is 412 g/mol. The zero-order valence-corrected chi connectivity index (χ0v) is 18.2. The van der Waals surface area contributed by atoms with Crippen molar-refractivity contribution in [3.63, 3.8) is 0 Å². The SMILES string of the molecule is CC(C)O[C@H]([C@@H](O)COS(C)(=O)=O)[C@@H]1COC(C)(C)N1C(=O)OC(C)(C)C. The van der Waals surface area contributed by atoms with Crippen LogP contribution in [0.1, 0.15) is 48.5 Å². The molecule has 0 saturated carbocycles. The molecule has 1 fully saturated rings. The molecule has 27 heavy (non-hydrogen) atoms. The van der Waals surface area contributed by atoms with Crippen LogP contribution in [0.25, 0.3) is 0 Å². The number of aliphatic hydroxyl groups is 1. The van der Waals surface area contributed by atoms with Crippen molar-refractivity contribution in [1.82, 2.24) is 4.90 Å². The molecule has 1 saturated heterocycles. The second-order valence-corrected chi connectivity index (χ2v) is 10.0. The van der Waals surface area contributed by atoms with Crippen molar-refractivity contribution in [1.29, 1.82) is 0 Å². The zero-order valence-electron chi connectivity index (χ0n) is 17.4. The quantitative estimate of drug-likeness (QED) is 0.627. The maximum Gasteiger partial charge on any atom is 0.412 e. The smallest absolute Gasteiger partial charge is 0.412 e. The second-order valence-electron chi connectivity index (χ2n) is 8.38. The Hall–Kier alpha value is -0.940. The molecule has 0 radical (unpaired) electrons. The Morgan fingerprint density at radius 1 is 1.33 bits per heavy atom. The van der Waals surface area contributed by atoms with Gasteiger partial charge in [0.05, 0.1) is 31.6 Å². The minimum Gasteiger partial charge on any atom is -0.444 e. The van der Waals surface area contributed by atoms with Crippen molar-refractivity contribution in [2.75, 3.05) is 19.5 Å². The number of rotatable bonds is 7. The topological polar surface area (TPSA) is 112 Å². The third kappa shape index (κ3) is 7.53. The summed E-state index contributed by atoms with van der Waals surface area (Å²) in [6, 6.07) is -0.685. The first-order valence-corrected chi connectivity index (χ1v) is 10.7. The molecule has 0 spiro atoms. The summed E-state index contributed by atoms with van der Waals surface area (Å²) in [6.07, 6.45) is -2.22. The van der Waals surface area contributed by atoms with Crippen LogP contribution in [0, 0.1) is 0 Å². The minimum absolute atomic E-state index is 0.0968. The Morgan fingerprint density at radius 2 is 1.89 bits per heavy atom. The summed E-state index contributed by atoms with van der Waals surface area (Å²) in [5, 5.41) is 10.5. The molecule has 9 nitrogen and oxygen atoms in total. The number of carbonyl (C=O) groups is 1. The van der Waals surface area contributed by atoms with Crippen LogP contribution in [0.5, 0.6) is 0 Å². The molecule has 3 atom stereocenters. The van der Waals surface area contributed by atoms with E-state index in [9.17, 15) is 18.3 Å². The maximum absolute atomic E-state index is 12.8. The lowest BCUT2D eigenvalue weighted by Crippen LogP contribution is -2.57. The van der Waals surface area contributed by atoms with E-state index < -0.39 is 52.4 Å². The highest BCUT2D eigenvalue weighted by Crippen LogP contribution is 2.33. The Kier molecular flexibility index (Phi) is 7.68. The summed E-state index contributed by atoms with van der Waals surface area (Å²) >= 11 is 0. The fourth-order valence-corrected chi connectivity index (χ4v) is 3.17. The number of amides is 1. The van der Waals surface area contributed by atoms with Gasteiger partial charge in [-0.15, -0.1) is 0 Å². The van der Waals surface area contributed by atoms with Crippen LogP contribution in [-0.4, -0.2) is 79.7 Å². The molecule has 1 aliphatic rings. The summed E-state index contributed by atoms with van der Waals surface area (Å²) in [4.78, 5) is 14.2. The second kappa shape index (κ2) is 8.60. The number of aliphatic hydroxyl groups excluding tert-OH is 1. The molecule has 0 aromatic heterocycles. The summed E-state index contributed by atoms with van der Waals surface area (Å²) in [5.74, 6) is 0. The van der Waals surface area contributed by atoms with Gasteiger partial charge in [-0.3, -0.25) is 9.08 Å². The molecule has 0 aliphatic carbocycles. The van der Waals surface area contributed by atoms with Crippen LogP contribution in [0.4, 0.5) is 4.79 Å². The molecule has 0 aromatic carbocycles. The highest BCUT2D eigenvalue weighted by molar-refractivity contribution is 7.85. The standard InChI is InChI=1S/C17H33NO8S/c1-11(2)25-14(13(19)10-24-27(8,21)22)12-9-23-17(6,7)18(12)15(20)26-16(3,4)5/h11-14,19H,9-10H2,1-8H3/t12-,13-,14-/m0/s1. The van der Waals surface area contributed by atoms with Gasteiger partial charge in [-0.2, -0.15) is 8.42 Å². The highest BCUT2D eigenvalue weighted by Gasteiger charge is 2.50. The van der Waals surface area contributed by atoms with Gasteiger partial charge in [-0.05, 0) is 48.5 Å². The van der Waals surface area contributed by atoms with Gasteiger partial charge in [0, 0.05) is 0 Å². The lowest BCUT2D eigenvalue weighted by molar-refractivity contribution is -0.115. The number of hydrogen-bond donors (Lipinski definition) is 1. The van der Waals surface area contributed by atoms with Crippen molar-refractivity contribution in [3.05, 3.63) is 0 Å². The Morgan fingerprint density at radius 3 is 2.33 bits per heavy atom. The average Bonchev–Trinajstić information content (AvgIpc) is 2.74. The molecule has 0 aromatic rings. The van der Waals surface area contributed by atoms with Gasteiger partial charge in [0.1, 0.15) is 23.5 Å². The first-order chi connectivity index (χ1) is 12.0. The first kappa shape index (κ1) is 24.1. The number of ether oxygens (including phenoxy) is 3. The van der Waals surface area contributed by atoms with Crippen LogP contribution in [-0.2, 0) is 28.5 Å². The molecule has 160 valence electrons. The van der Waals surface area contributed by atoms with Gasteiger partial charge in [0.25, 0.3) is 10.1 Å². The van der Waals surface area contributed by atoms with Crippen LogP contribution in [0.2, 0.25) is 0 Å². The van der Waals surface area contributed by atoms with Crippen molar-refractivity contribution in [2.24, 2.45) is 0 Å². The molecule has 1 rings (SSSR count). The van der Waals surface area contributed by atoms with Crippen molar-refractivity contribution in [2.45, 2.75) is 84.1 Å². The van der Waals surface area contributed by atoms with Gasteiger partial charge in [-0.1, -0.05) is 0 Å². The fraction of sp³-hybridized carbons (Fsp3) is 0.941. The van der Waals surface area contributed by atoms with E-state index in [0.29, 0.717) is 0 Å². The lowest BCUT2D eigenvalue weighted by Gasteiger charge is -2.39. The molecule has 1 aliphatic heterocycles. The van der Waals surface area contributed by atoms with E-state index >= 15 is 0 Å². The van der Waals surface area contributed by atoms with E-state index in [1.807, 2.05) is 0 Å². The van der Waals surface area contributed by atoms with E-state index in [0.717, 1.165) is 6.26 Å². The molecule has 1 heterocycles. The summed E-state index contributed by atoms with van der Waals surface area (Å²) < 4.78 is 44.2. The zero-order chi connectivity index (χ0) is 21.2. The van der Waals surface area contributed by atoms with E-state index in [4.69, 9.17) is 18.4 Å². The molecular weight excluding hydrogens is 378 g/mol. The summed E-state index contributed by atoms with van der Waals surface area (Å²) in [6.45, 7) is 11.8. The van der Waals surface area contributed by atoms with E-state index in [1.165, 1.54) is 4.90 Å². The maximum atomic E-state index is 12.8. The normalized spacial score (nSPS) is 22.7. The number of nitrogens with zero attached hydrogens (tertiary/aromatic N) is 1. The first-order valence-electron chi connectivity index (χ1n) is 8.87. The van der Waals surface area contributed by atoms with Crippen LogP contribution < -0.4 is 0 Å². The third-order valence-electron chi connectivity index (χ3n) is 3.75. The van der Waals surface area contributed by atoms with Crippen molar-refractivity contribution >= 4 is 16.2 Å². The Labute approximate surface area is 162 Å². The largest absolute Gasteiger partial charge is 0.444 e. The predicted octanol–water partition coefficient (Wildman–Crippen LogP) is 1.49. The third-order valence-corrected chi connectivity index (χ3v) is 4.31. The van der Waals surface area contributed by atoms with Gasteiger partial charge in [0.2, 0.25) is 0 Å². The van der Waals surface area contributed by atoms with Crippen LogP contribution >= 0.6 is 0 Å². The summed E-state index contributed by atoms with van der Waals surface area (Å²) in [7, 11) is -3.73. The lowest BCUT2D eigenvalue weighted by atomic mass is 10.0. The van der Waals surface area contributed by atoms with Crippen molar-refractivity contribution in [3.8, 4) is 0 Å². The molecular formula is C17H33NO8S. The van der Waals surface area contributed by atoms with Gasteiger partial charge >= 0.3 is 6.09 Å². The van der Waals surface area contributed by atoms with E-state index in [1.54, 1.807) is 48.5 Å². The Bertz CT molecular complexity index is 611.